The predicted molar refractivity (Wildman–Crippen MR) is 236 cm³/mol. The van der Waals surface area contributed by atoms with Crippen LogP contribution in [0.2, 0.25) is 0 Å². The number of aryl methyl sites for hydroxylation is 1. The van der Waals surface area contributed by atoms with E-state index in [4.69, 9.17) is 32.7 Å². The number of carbonyl (C=O) groups excluding carboxylic acids is 1. The number of benzene rings is 3. The first-order valence-electron chi connectivity index (χ1n) is 20.4. The van der Waals surface area contributed by atoms with Gasteiger partial charge in [0.1, 0.15) is 29.4 Å². The van der Waals surface area contributed by atoms with E-state index in [1.807, 2.05) is 92.7 Å². The fraction of sp³-hybridized carbons (Fsp3) is 0.489. The van der Waals surface area contributed by atoms with Gasteiger partial charge in [0.2, 0.25) is 0 Å². The van der Waals surface area contributed by atoms with E-state index in [1.54, 1.807) is 21.1 Å². The quantitative estimate of drug-likeness (QED) is 0.0468. The second kappa shape index (κ2) is 22.3. The van der Waals surface area contributed by atoms with Crippen molar-refractivity contribution in [2.24, 2.45) is 5.92 Å². The first kappa shape index (κ1) is 47.2. The first-order chi connectivity index (χ1) is 28.8. The van der Waals surface area contributed by atoms with Crippen LogP contribution in [-0.2, 0) is 33.7 Å². The average Bonchev–Trinajstić information content (AvgIpc) is 3.64. The molecule has 60 heavy (non-hydrogen) atoms. The lowest BCUT2D eigenvalue weighted by Crippen LogP contribution is -2.39. The van der Waals surface area contributed by atoms with Gasteiger partial charge in [-0.1, -0.05) is 80.2 Å². The third-order valence-corrected chi connectivity index (χ3v) is 13.4. The Labute approximate surface area is 359 Å². The molecule has 0 saturated carbocycles. The summed E-state index contributed by atoms with van der Waals surface area (Å²) in [6, 6.07) is 25.7. The molecular weight excluding hydrogens is 806 g/mol. The predicted octanol–water partition coefficient (Wildman–Crippen LogP) is 7.84. The van der Waals surface area contributed by atoms with Crippen LogP contribution < -0.4 is 20.7 Å². The molecule has 1 saturated heterocycles. The van der Waals surface area contributed by atoms with Crippen molar-refractivity contribution in [3.8, 4) is 11.5 Å². The van der Waals surface area contributed by atoms with E-state index in [1.165, 1.54) is 22.5 Å². The van der Waals surface area contributed by atoms with E-state index < -0.39 is 43.8 Å². The Morgan fingerprint density at radius 1 is 0.867 bits per heavy atom. The molecule has 1 aromatic heterocycles. The Kier molecular flexibility index (Phi) is 17.5. The lowest BCUT2D eigenvalue weighted by atomic mass is 9.80. The Bertz CT molecular complexity index is 2010. The van der Waals surface area contributed by atoms with Gasteiger partial charge >= 0.3 is 5.69 Å². The molecular formula is C45H60N3O10PS. The normalized spacial score (nSPS) is 17.5. The highest BCUT2D eigenvalue weighted by Crippen LogP contribution is 2.50. The minimum Gasteiger partial charge on any atom is -0.497 e. The van der Waals surface area contributed by atoms with Crippen LogP contribution >= 0.6 is 20.3 Å². The Balaban J connectivity index is 1.51. The average molecular weight is 866 g/mol. The molecule has 0 bridgehead atoms. The fourth-order valence-corrected chi connectivity index (χ4v) is 9.58. The van der Waals surface area contributed by atoms with Crippen LogP contribution in [0.4, 0.5) is 0 Å². The van der Waals surface area contributed by atoms with Gasteiger partial charge in [0, 0.05) is 41.9 Å². The monoisotopic (exact) mass is 865 g/mol. The van der Waals surface area contributed by atoms with Crippen molar-refractivity contribution in [2.75, 3.05) is 46.4 Å². The number of ether oxygens (including phenoxy) is 5. The maximum Gasteiger partial charge on any atom is 0.330 e. The second-order valence-corrected chi connectivity index (χ2v) is 17.9. The molecule has 0 radical (unpaired) electrons. The smallest absolute Gasteiger partial charge is 0.330 e. The van der Waals surface area contributed by atoms with Crippen LogP contribution in [0.15, 0.2) is 94.6 Å². The third-order valence-electron chi connectivity index (χ3n) is 10.1. The Hall–Kier alpha value is -3.85. The lowest BCUT2D eigenvalue weighted by Gasteiger charge is -2.39. The number of aromatic nitrogens is 2. The highest BCUT2D eigenvalue weighted by molar-refractivity contribution is 8.13. The number of rotatable bonds is 22. The van der Waals surface area contributed by atoms with Crippen molar-refractivity contribution < 1.29 is 37.5 Å². The summed E-state index contributed by atoms with van der Waals surface area (Å²) in [5.74, 6) is 1.94. The van der Waals surface area contributed by atoms with Crippen molar-refractivity contribution in [2.45, 2.75) is 91.0 Å². The topological polar surface area (TPSA) is 140 Å². The van der Waals surface area contributed by atoms with Gasteiger partial charge in [-0.25, -0.2) is 9.46 Å². The van der Waals surface area contributed by atoms with Gasteiger partial charge in [-0.15, -0.1) is 0 Å². The number of hydrogen-bond donors (Lipinski definition) is 1. The number of aromatic amines is 1. The van der Waals surface area contributed by atoms with Crippen LogP contribution in [-0.4, -0.2) is 90.0 Å². The van der Waals surface area contributed by atoms with Crippen molar-refractivity contribution in [3.63, 3.8) is 0 Å². The SMILES string of the molecule is COc1ccc(C(OC[C@H]2O[C@@H](n3cc(C)c(=O)[nH]c3=O)C[C@@H]2OP(OCCOCCSC(=O)C(C)C)N(C(C)C)C(C)C)(c2ccccc2)c2ccc(OC)cc2)cc1. The zero-order chi connectivity index (χ0) is 43.4. The lowest BCUT2D eigenvalue weighted by molar-refractivity contribution is -0.113. The van der Waals surface area contributed by atoms with E-state index >= 15 is 0 Å². The molecule has 1 aliphatic rings. The minimum atomic E-state index is -1.69. The summed E-state index contributed by atoms with van der Waals surface area (Å²) < 4.78 is 48.1. The standard InChI is InChI=1S/C45H60N3O10PS/c1-30(2)43(50)60-26-25-54-23-24-56-59(48(31(3)4)32(5)6)58-39-27-41(47-28-33(7)42(49)46-44(47)51)57-40(39)29-55-45(34-13-11-10-12-14-34,35-15-19-37(52-8)20-16-35)36-17-21-38(53-9)22-18-36/h10-22,28,30-32,39-41H,23-27,29H2,1-9H3,(H,46,49,51)/t39-,40+,41+,59?/m0/s1. The van der Waals surface area contributed by atoms with Gasteiger partial charge in [0.25, 0.3) is 14.1 Å². The van der Waals surface area contributed by atoms with Crippen molar-refractivity contribution in [1.82, 2.24) is 14.2 Å². The molecule has 2 heterocycles. The molecule has 4 atom stereocenters. The number of nitrogens with zero attached hydrogens (tertiary/aromatic N) is 2. The zero-order valence-corrected chi connectivity index (χ0v) is 37.8. The first-order valence-corrected chi connectivity index (χ1v) is 22.5. The van der Waals surface area contributed by atoms with E-state index in [-0.39, 0.29) is 42.8 Å². The largest absolute Gasteiger partial charge is 0.497 e. The van der Waals surface area contributed by atoms with E-state index in [9.17, 15) is 14.4 Å². The Morgan fingerprint density at radius 2 is 1.45 bits per heavy atom. The van der Waals surface area contributed by atoms with Gasteiger partial charge in [-0.3, -0.25) is 19.1 Å². The summed E-state index contributed by atoms with van der Waals surface area (Å²) >= 11 is 1.27. The number of carbonyl (C=O) groups is 1. The minimum absolute atomic E-state index is 0.0306. The summed E-state index contributed by atoms with van der Waals surface area (Å²) in [4.78, 5) is 40.1. The van der Waals surface area contributed by atoms with Crippen LogP contribution in [0.1, 0.15) is 76.4 Å². The maximum absolute atomic E-state index is 13.3. The highest BCUT2D eigenvalue weighted by atomic mass is 32.2. The summed E-state index contributed by atoms with van der Waals surface area (Å²) in [7, 11) is 1.57. The number of H-pyrrole nitrogens is 1. The molecule has 0 amide bonds. The molecule has 3 aromatic carbocycles. The molecule has 15 heteroatoms. The molecule has 0 aliphatic carbocycles. The molecule has 0 spiro atoms. The summed E-state index contributed by atoms with van der Waals surface area (Å²) in [6.07, 6.45) is -0.299. The third kappa shape index (κ3) is 11.7. The van der Waals surface area contributed by atoms with E-state index in [2.05, 4.69) is 37.3 Å². The molecule has 1 unspecified atom stereocenters. The van der Waals surface area contributed by atoms with Gasteiger partial charge in [-0.2, -0.15) is 0 Å². The highest BCUT2D eigenvalue weighted by Gasteiger charge is 2.45. The number of thioether (sulfide) groups is 1. The molecule has 326 valence electrons. The Morgan fingerprint density at radius 3 is 2.00 bits per heavy atom. The van der Waals surface area contributed by atoms with E-state index in [0.29, 0.717) is 36.0 Å². The van der Waals surface area contributed by atoms with Crippen molar-refractivity contribution in [3.05, 3.63) is 128 Å². The molecule has 1 fully saturated rings. The van der Waals surface area contributed by atoms with E-state index in [0.717, 1.165) is 16.7 Å². The van der Waals surface area contributed by atoms with Gasteiger partial charge in [0.15, 0.2) is 5.12 Å². The van der Waals surface area contributed by atoms with Gasteiger partial charge in [0.05, 0.1) is 46.8 Å². The number of methoxy groups -OCH3 is 2. The fourth-order valence-electron chi connectivity index (χ4n) is 7.10. The number of nitrogens with one attached hydrogen (secondary N) is 1. The molecule has 13 nitrogen and oxygen atoms in total. The van der Waals surface area contributed by atoms with Crippen LogP contribution in [0.25, 0.3) is 0 Å². The van der Waals surface area contributed by atoms with Crippen molar-refractivity contribution in [1.29, 1.82) is 0 Å². The second-order valence-electron chi connectivity index (χ2n) is 15.4. The molecule has 5 rings (SSSR count). The molecule has 4 aromatic rings. The summed E-state index contributed by atoms with van der Waals surface area (Å²) in [5, 5.41) is 0.139. The summed E-state index contributed by atoms with van der Waals surface area (Å²) in [6.45, 7) is 14.8. The molecule has 1 aliphatic heterocycles. The van der Waals surface area contributed by atoms with Gasteiger partial charge < -0.3 is 32.7 Å². The summed E-state index contributed by atoms with van der Waals surface area (Å²) in [5.41, 5.74) is 0.771. The zero-order valence-electron chi connectivity index (χ0n) is 36.1. The van der Waals surface area contributed by atoms with Gasteiger partial charge in [-0.05, 0) is 75.6 Å². The molecule has 1 N–H and O–H groups in total. The maximum atomic E-state index is 13.3. The van der Waals surface area contributed by atoms with Crippen molar-refractivity contribution >= 4 is 25.4 Å². The number of hydrogen-bond acceptors (Lipinski definition) is 12. The van der Waals surface area contributed by atoms with Crippen LogP contribution in [0.5, 0.6) is 11.5 Å². The van der Waals surface area contributed by atoms with Crippen LogP contribution in [0, 0.1) is 12.8 Å². The van der Waals surface area contributed by atoms with Crippen LogP contribution in [0.3, 0.4) is 0 Å².